The van der Waals surface area contributed by atoms with E-state index in [4.69, 9.17) is 0 Å². The molecule has 2 nitrogen and oxygen atoms in total. The third-order valence-electron chi connectivity index (χ3n) is 4.00. The number of hydrogen-bond donors (Lipinski definition) is 1. The van der Waals surface area contributed by atoms with Crippen LogP contribution < -0.4 is 28.1 Å². The Bertz CT molecular complexity index is 400. The van der Waals surface area contributed by atoms with Crippen molar-refractivity contribution in [3.63, 3.8) is 0 Å². The molecule has 0 radical (unpaired) electrons. The van der Waals surface area contributed by atoms with Crippen molar-refractivity contribution in [3.8, 4) is 0 Å². The maximum atomic E-state index is 12.6. The molecule has 1 rings (SSSR count). The Morgan fingerprint density at radius 3 is 2.41 bits per heavy atom. The van der Waals surface area contributed by atoms with Gasteiger partial charge in [-0.2, -0.15) is 0 Å². The Hall–Kier alpha value is 0.617. The number of unbranched alkanes of at least 4 members (excludes halogenated alkanes) is 1. The van der Waals surface area contributed by atoms with Gasteiger partial charge in [0, 0.05) is 0 Å². The van der Waals surface area contributed by atoms with Crippen LogP contribution in [0.1, 0.15) is 52.9 Å². The van der Waals surface area contributed by atoms with E-state index in [1.807, 2.05) is 0 Å². The molecule has 0 bridgehead atoms. The van der Waals surface area contributed by atoms with Gasteiger partial charge in [-0.25, -0.2) is 0 Å². The van der Waals surface area contributed by atoms with Crippen molar-refractivity contribution in [2.45, 2.75) is 66.0 Å². The molecule has 1 amide bonds. The summed E-state index contributed by atoms with van der Waals surface area (Å²) in [5.41, 5.74) is 1.39. The van der Waals surface area contributed by atoms with E-state index in [1.54, 1.807) is 3.33 Å². The summed E-state index contributed by atoms with van der Waals surface area (Å²) in [6.45, 7) is 11.4. The quantitative estimate of drug-likeness (QED) is 0.365. The molecule has 0 spiro atoms. The Morgan fingerprint density at radius 2 is 2.00 bits per heavy atom. The first-order chi connectivity index (χ1) is 9.49. The molecule has 1 unspecified atom stereocenters. The number of carbonyl (C=O) groups is 1. The zero-order valence-electron chi connectivity index (χ0n) is 14.5. The smallest absolute Gasteiger partial charge is 1.00 e. The third-order valence-corrected chi connectivity index (χ3v) is 27.4. The zero-order chi connectivity index (χ0) is 15.1. The topological polar surface area (TPSA) is 29.1 Å². The predicted molar refractivity (Wildman–Crippen MR) is 86.8 cm³/mol. The van der Waals surface area contributed by atoms with Crippen LogP contribution in [0, 0.1) is 5.92 Å². The van der Waals surface area contributed by atoms with E-state index < -0.39 is 26.9 Å². The first-order valence-electron chi connectivity index (χ1n) is 8.04. The van der Waals surface area contributed by atoms with Crippen molar-refractivity contribution >= 4 is 11.9 Å². The number of carbonyl (C=O) groups excluding carboxylic acids is 1. The molecular formula is C16H30Cl2HfNOSi. The number of hydrogen-bond acceptors (Lipinski definition) is 1. The Kier molecular flexibility index (Phi) is 14.7. The largest absolute Gasteiger partial charge is 1.00 e. The van der Waals surface area contributed by atoms with E-state index in [0.717, 1.165) is 19.3 Å². The number of rotatable bonds is 8. The van der Waals surface area contributed by atoms with Gasteiger partial charge in [0.25, 0.3) is 0 Å². The molecule has 1 atom stereocenters. The Labute approximate surface area is 157 Å². The van der Waals surface area contributed by atoms with Crippen LogP contribution in [0.25, 0.3) is 0 Å². The molecule has 22 heavy (non-hydrogen) atoms. The number of halogens is 2. The summed E-state index contributed by atoms with van der Waals surface area (Å²) in [4.78, 5) is 12.6. The fourth-order valence-corrected chi connectivity index (χ4v) is 22.4. The molecule has 0 saturated heterocycles. The molecule has 0 heterocycles. The van der Waals surface area contributed by atoms with Crippen molar-refractivity contribution in [3.05, 3.63) is 21.1 Å². The summed E-state index contributed by atoms with van der Waals surface area (Å²) in [7, 11) is 0. The van der Waals surface area contributed by atoms with Crippen LogP contribution in [0.5, 0.6) is 0 Å². The maximum absolute atomic E-state index is 12.6. The van der Waals surface area contributed by atoms with Crippen LogP contribution in [0.3, 0.4) is 0 Å². The van der Waals surface area contributed by atoms with Crippen molar-refractivity contribution < 1.29 is 50.5 Å². The maximum Gasteiger partial charge on any atom is -1.00 e. The van der Waals surface area contributed by atoms with E-state index >= 15 is 0 Å². The molecule has 0 saturated carbocycles. The van der Waals surface area contributed by atoms with Gasteiger partial charge < -0.3 is 24.8 Å². The second-order valence-corrected chi connectivity index (χ2v) is 31.8. The van der Waals surface area contributed by atoms with Gasteiger partial charge in [0.15, 0.2) is 0 Å². The molecule has 0 aromatic carbocycles. The molecule has 0 fully saturated rings. The molecule has 0 aliphatic heterocycles. The van der Waals surface area contributed by atoms with Crippen LogP contribution >= 0.6 is 0 Å². The second kappa shape index (κ2) is 13.0. The van der Waals surface area contributed by atoms with E-state index in [9.17, 15) is 4.79 Å². The van der Waals surface area contributed by atoms with Gasteiger partial charge in [-0.15, -0.1) is 0 Å². The van der Waals surface area contributed by atoms with Gasteiger partial charge in [-0.3, -0.25) is 0 Å². The minimum Gasteiger partial charge on any atom is -1.00 e. The fraction of sp³-hybridized carbons (Fsp3) is 0.688. The van der Waals surface area contributed by atoms with Crippen molar-refractivity contribution in [2.24, 2.45) is 5.92 Å². The van der Waals surface area contributed by atoms with Crippen LogP contribution in [0.2, 0.25) is 13.1 Å². The first kappa shape index (κ1) is 24.9. The van der Waals surface area contributed by atoms with Crippen LogP contribution in [-0.2, 0) is 25.7 Å². The summed E-state index contributed by atoms with van der Waals surface area (Å²) in [6.07, 6.45) is 10.2. The van der Waals surface area contributed by atoms with Crippen molar-refractivity contribution in [1.82, 2.24) is 3.30 Å². The van der Waals surface area contributed by atoms with Gasteiger partial charge in [0.05, 0.1) is 0 Å². The molecule has 1 N–H and O–H groups in total. The molecule has 1 aliphatic carbocycles. The molecule has 127 valence electrons. The SMILES string of the molecule is CCCCC(CC)C(=O)[NH][Hf+2]([C]1=CC(C)=CC1)[SiH](C)C.[Cl-].[Cl-]. The Morgan fingerprint density at radius 1 is 1.36 bits per heavy atom. The average molecular weight is 530 g/mol. The first-order valence-corrected chi connectivity index (χ1v) is 20.7. The summed E-state index contributed by atoms with van der Waals surface area (Å²) < 4.78 is 5.21. The summed E-state index contributed by atoms with van der Waals surface area (Å²) in [5.74, 6) is -0.103. The van der Waals surface area contributed by atoms with Gasteiger partial charge >= 0.3 is 134 Å². The van der Waals surface area contributed by atoms with E-state index in [0.29, 0.717) is 5.91 Å². The number of allylic oxidation sites excluding steroid dienone is 4. The Balaban J connectivity index is 0. The fourth-order valence-electron chi connectivity index (χ4n) is 2.65. The summed E-state index contributed by atoms with van der Waals surface area (Å²) in [6, 6.07) is 0. The molecule has 0 aromatic heterocycles. The molecular weight excluding hydrogens is 500 g/mol. The predicted octanol–water partition coefficient (Wildman–Crippen LogP) is -1.92. The molecule has 1 aliphatic rings. The number of amides is 1. The molecule has 6 heteroatoms. The van der Waals surface area contributed by atoms with Gasteiger partial charge in [0.1, 0.15) is 0 Å². The van der Waals surface area contributed by atoms with Gasteiger partial charge in [0.2, 0.25) is 0 Å². The van der Waals surface area contributed by atoms with Crippen molar-refractivity contribution in [2.75, 3.05) is 0 Å². The van der Waals surface area contributed by atoms with Gasteiger partial charge in [-0.1, -0.05) is 0 Å². The third kappa shape index (κ3) is 7.94. The molecule has 0 aromatic rings. The monoisotopic (exact) mass is 530 g/mol. The van der Waals surface area contributed by atoms with E-state index in [2.05, 4.69) is 49.3 Å². The van der Waals surface area contributed by atoms with Crippen molar-refractivity contribution in [1.29, 1.82) is 0 Å². The van der Waals surface area contributed by atoms with Crippen LogP contribution in [0.4, 0.5) is 0 Å². The normalized spacial score (nSPS) is 14.5. The van der Waals surface area contributed by atoms with E-state index in [-0.39, 0.29) is 30.7 Å². The number of nitrogens with one attached hydrogen (secondary N) is 1. The summed E-state index contributed by atoms with van der Waals surface area (Å²) in [5, 5.41) is 0. The summed E-state index contributed by atoms with van der Waals surface area (Å²) >= 11 is -2.03. The van der Waals surface area contributed by atoms with Crippen LogP contribution in [0.15, 0.2) is 21.1 Å². The van der Waals surface area contributed by atoms with Gasteiger partial charge in [-0.05, 0) is 0 Å². The minimum atomic E-state index is -2.03. The average Bonchev–Trinajstić information content (AvgIpc) is 2.82. The zero-order valence-corrected chi connectivity index (χ0v) is 20.8. The minimum absolute atomic E-state index is 0. The standard InChI is InChI=1S/C8H17NO.C6H7.C2H7Si.2ClH.Hf/c1-3-5-6-7(4-2)8(9)10;1-6-4-2-3-5-6;1-3-2;;;/h7H,3-6H2,1-2H3,(H2,9,10);4-5H,2H2,1H3;3H,1-2H3;2*1H;/q;;;;;+3/p-3. The second-order valence-electron chi connectivity index (χ2n) is 6.13. The van der Waals surface area contributed by atoms with E-state index in [1.165, 1.54) is 18.4 Å². The van der Waals surface area contributed by atoms with Crippen LogP contribution in [-0.4, -0.2) is 11.9 Å².